The van der Waals surface area contributed by atoms with Crippen LogP contribution in [-0.2, 0) is 14.3 Å². The van der Waals surface area contributed by atoms with E-state index in [0.29, 0.717) is 5.56 Å². The Bertz CT molecular complexity index is 485. The third kappa shape index (κ3) is 3.47. The Morgan fingerprint density at radius 2 is 1.94 bits per heavy atom. The third-order valence-electron chi connectivity index (χ3n) is 1.82. The topological polar surface area (TPSA) is 76.4 Å². The van der Waals surface area contributed by atoms with Crippen LogP contribution in [0, 0.1) is 11.3 Å². The van der Waals surface area contributed by atoms with E-state index in [-0.39, 0.29) is 5.57 Å². The monoisotopic (exact) mass is 231 g/mol. The molecule has 0 amide bonds. The molecule has 0 aromatic heterocycles. The minimum Gasteiger partial charge on any atom is -0.465 e. The molecule has 0 saturated heterocycles. The van der Waals surface area contributed by atoms with Crippen LogP contribution in [0.4, 0.5) is 0 Å². The van der Waals surface area contributed by atoms with Crippen molar-refractivity contribution in [3.05, 3.63) is 47.7 Å². The zero-order valence-corrected chi connectivity index (χ0v) is 9.04. The number of carbonyl (C=O) groups excluding carboxylic acids is 2. The molecule has 17 heavy (non-hydrogen) atoms. The molecule has 1 aromatic rings. The number of methoxy groups -OCH3 is 1. The predicted molar refractivity (Wildman–Crippen MR) is 57.6 cm³/mol. The first-order valence-electron chi connectivity index (χ1n) is 4.63. The number of nitrogens with zero attached hydrogens (tertiary/aromatic N) is 1. The van der Waals surface area contributed by atoms with Gasteiger partial charge in [-0.15, -0.1) is 0 Å². The molecule has 0 fully saturated rings. The minimum absolute atomic E-state index is 0.325. The molecular formula is C12H9NO4. The highest BCUT2D eigenvalue weighted by Crippen LogP contribution is 2.03. The van der Waals surface area contributed by atoms with E-state index in [1.165, 1.54) is 0 Å². The molecule has 86 valence electrons. The average molecular weight is 231 g/mol. The molecule has 0 radical (unpaired) electrons. The zero-order valence-electron chi connectivity index (χ0n) is 9.04. The number of esters is 2. The highest BCUT2D eigenvalue weighted by atomic mass is 16.5. The van der Waals surface area contributed by atoms with E-state index >= 15 is 0 Å². The second-order valence-electron chi connectivity index (χ2n) is 2.91. The average Bonchev–Trinajstić information content (AvgIpc) is 2.39. The Balaban J connectivity index is 2.74. The molecule has 0 saturated carbocycles. The first-order chi connectivity index (χ1) is 8.19. The Kier molecular flexibility index (Phi) is 4.45. The molecule has 5 nitrogen and oxygen atoms in total. The molecule has 0 unspecified atom stereocenters. The van der Waals surface area contributed by atoms with Crippen LogP contribution in [0.5, 0.6) is 0 Å². The molecule has 0 heterocycles. The molecule has 0 N–H and O–H groups in total. The number of hydrogen-bond acceptors (Lipinski definition) is 5. The molecule has 0 spiro atoms. The molecule has 5 heteroatoms. The van der Waals surface area contributed by atoms with Crippen molar-refractivity contribution >= 4 is 11.9 Å². The number of hydrogen-bond donors (Lipinski definition) is 0. The summed E-state index contributed by atoms with van der Waals surface area (Å²) < 4.78 is 9.00. The lowest BCUT2D eigenvalue weighted by Gasteiger charge is -1.99. The summed E-state index contributed by atoms with van der Waals surface area (Å²) in [7, 11) is 1.13. The third-order valence-corrected chi connectivity index (χ3v) is 1.82. The zero-order chi connectivity index (χ0) is 12.7. The lowest BCUT2D eigenvalue weighted by molar-refractivity contribution is -0.135. The number of nitriles is 1. The summed E-state index contributed by atoms with van der Waals surface area (Å²) in [5.74, 6) is -1.50. The van der Waals surface area contributed by atoms with Crippen molar-refractivity contribution in [1.29, 1.82) is 5.26 Å². The Morgan fingerprint density at radius 3 is 2.47 bits per heavy atom. The summed E-state index contributed by atoms with van der Waals surface area (Å²) in [6.45, 7) is 0. The van der Waals surface area contributed by atoms with Gasteiger partial charge in [0.25, 0.3) is 0 Å². The first kappa shape index (κ1) is 12.5. The van der Waals surface area contributed by atoms with E-state index in [1.54, 1.807) is 36.4 Å². The van der Waals surface area contributed by atoms with Gasteiger partial charge in [0, 0.05) is 0 Å². The largest absolute Gasteiger partial charge is 0.465 e. The van der Waals surface area contributed by atoms with Crippen LogP contribution in [0.25, 0.3) is 0 Å². The van der Waals surface area contributed by atoms with E-state index < -0.39 is 11.9 Å². The molecule has 0 aliphatic carbocycles. The lowest BCUT2D eigenvalue weighted by atomic mass is 10.2. The van der Waals surface area contributed by atoms with Crippen LogP contribution < -0.4 is 0 Å². The van der Waals surface area contributed by atoms with Crippen LogP contribution in [0.1, 0.15) is 10.4 Å². The van der Waals surface area contributed by atoms with Gasteiger partial charge in [-0.3, -0.25) is 0 Å². The summed E-state index contributed by atoms with van der Waals surface area (Å²) in [6, 6.07) is 9.78. The van der Waals surface area contributed by atoms with Crippen LogP contribution in [0.15, 0.2) is 42.2 Å². The standard InChI is InChI=1S/C12H9NO4/c1-16-11(14)10(7-13)8-17-12(15)9-5-3-2-4-6-9/h2-6,8H,1H3/b10-8+. The van der Waals surface area contributed by atoms with E-state index in [2.05, 4.69) is 9.47 Å². The summed E-state index contributed by atoms with van der Waals surface area (Å²) in [4.78, 5) is 22.4. The Labute approximate surface area is 97.9 Å². The van der Waals surface area contributed by atoms with E-state index in [0.717, 1.165) is 13.4 Å². The fourth-order valence-electron chi connectivity index (χ4n) is 0.985. The SMILES string of the molecule is COC(=O)/C(C#N)=C/OC(=O)c1ccccc1. The fraction of sp³-hybridized carbons (Fsp3) is 0.0833. The van der Waals surface area contributed by atoms with Crippen LogP contribution in [0.3, 0.4) is 0 Å². The van der Waals surface area contributed by atoms with Gasteiger partial charge in [-0.2, -0.15) is 5.26 Å². The maximum absolute atomic E-state index is 11.4. The van der Waals surface area contributed by atoms with Crippen molar-refractivity contribution in [2.75, 3.05) is 7.11 Å². The van der Waals surface area contributed by atoms with Gasteiger partial charge in [0.1, 0.15) is 12.3 Å². The highest BCUT2D eigenvalue weighted by molar-refractivity contribution is 5.94. The van der Waals surface area contributed by atoms with Crippen molar-refractivity contribution in [2.45, 2.75) is 0 Å². The molecular weight excluding hydrogens is 222 g/mol. The smallest absolute Gasteiger partial charge is 0.351 e. The molecule has 0 aliphatic heterocycles. The number of rotatable bonds is 3. The summed E-state index contributed by atoms with van der Waals surface area (Å²) >= 11 is 0. The van der Waals surface area contributed by atoms with Crippen molar-refractivity contribution in [3.63, 3.8) is 0 Å². The van der Waals surface area contributed by atoms with Crippen molar-refractivity contribution < 1.29 is 19.1 Å². The van der Waals surface area contributed by atoms with Gasteiger partial charge in [0.15, 0.2) is 5.57 Å². The normalized spacial score (nSPS) is 10.2. The van der Waals surface area contributed by atoms with Gasteiger partial charge in [-0.25, -0.2) is 9.59 Å². The summed E-state index contributed by atoms with van der Waals surface area (Å²) in [6.07, 6.45) is 0.779. The maximum Gasteiger partial charge on any atom is 0.351 e. The van der Waals surface area contributed by atoms with Gasteiger partial charge >= 0.3 is 11.9 Å². The fourth-order valence-corrected chi connectivity index (χ4v) is 0.985. The molecule has 0 atom stereocenters. The number of benzene rings is 1. The van der Waals surface area contributed by atoms with Crippen molar-refractivity contribution in [2.24, 2.45) is 0 Å². The molecule has 0 aliphatic rings. The quantitative estimate of drug-likeness (QED) is 0.340. The Morgan fingerprint density at radius 1 is 1.29 bits per heavy atom. The highest BCUT2D eigenvalue weighted by Gasteiger charge is 2.11. The van der Waals surface area contributed by atoms with Gasteiger partial charge in [-0.1, -0.05) is 18.2 Å². The lowest BCUT2D eigenvalue weighted by Crippen LogP contribution is -2.06. The van der Waals surface area contributed by atoms with Crippen LogP contribution >= 0.6 is 0 Å². The van der Waals surface area contributed by atoms with Crippen molar-refractivity contribution in [3.8, 4) is 6.07 Å². The Hall–Kier alpha value is -2.61. The second-order valence-corrected chi connectivity index (χ2v) is 2.91. The van der Waals surface area contributed by atoms with E-state index in [4.69, 9.17) is 5.26 Å². The van der Waals surface area contributed by atoms with E-state index in [9.17, 15) is 9.59 Å². The predicted octanol–water partition coefficient (Wildman–Crippen LogP) is 1.42. The number of carbonyl (C=O) groups is 2. The van der Waals surface area contributed by atoms with Crippen LogP contribution in [0.2, 0.25) is 0 Å². The molecule has 0 bridgehead atoms. The molecule has 1 rings (SSSR count). The maximum atomic E-state index is 11.4. The summed E-state index contributed by atoms with van der Waals surface area (Å²) in [5, 5.41) is 8.60. The van der Waals surface area contributed by atoms with Gasteiger partial charge in [-0.05, 0) is 12.1 Å². The molecule has 1 aromatic carbocycles. The van der Waals surface area contributed by atoms with Crippen LogP contribution in [-0.4, -0.2) is 19.0 Å². The van der Waals surface area contributed by atoms with Crippen molar-refractivity contribution in [1.82, 2.24) is 0 Å². The first-order valence-corrected chi connectivity index (χ1v) is 4.63. The van der Waals surface area contributed by atoms with Gasteiger partial charge in [0.2, 0.25) is 0 Å². The van der Waals surface area contributed by atoms with Gasteiger partial charge < -0.3 is 9.47 Å². The second kappa shape index (κ2) is 6.08. The minimum atomic E-state index is -0.853. The van der Waals surface area contributed by atoms with Gasteiger partial charge in [0.05, 0.1) is 12.7 Å². The number of ether oxygens (including phenoxy) is 2. The summed E-state index contributed by atoms with van der Waals surface area (Å²) in [5.41, 5.74) is -0.0531. The van der Waals surface area contributed by atoms with E-state index in [1.807, 2.05) is 0 Å².